The Balaban J connectivity index is 1.91. The number of anilines is 1. The molecule has 0 aromatic heterocycles. The quantitative estimate of drug-likeness (QED) is 0.765. The van der Waals surface area contributed by atoms with E-state index in [0.717, 1.165) is 5.69 Å². The lowest BCUT2D eigenvalue weighted by molar-refractivity contribution is 0.788. The van der Waals surface area contributed by atoms with Gasteiger partial charge < -0.3 is 5.73 Å². The number of rotatable bonds is 2. The van der Waals surface area contributed by atoms with Gasteiger partial charge in [0.1, 0.15) is 0 Å². The zero-order chi connectivity index (χ0) is 11.9. The molecule has 0 unspecified atom stereocenters. The fourth-order valence-electron chi connectivity index (χ4n) is 2.22. The summed E-state index contributed by atoms with van der Waals surface area (Å²) in [6, 6.07) is 17.0. The molecular formula is C16H17N. The Labute approximate surface area is 102 Å². The molecular weight excluding hydrogens is 206 g/mol. The van der Waals surface area contributed by atoms with Gasteiger partial charge in [0.15, 0.2) is 0 Å². The van der Waals surface area contributed by atoms with Crippen LogP contribution in [0.4, 0.5) is 5.69 Å². The summed E-state index contributed by atoms with van der Waals surface area (Å²) in [6.45, 7) is 2.34. The molecule has 3 rings (SSSR count). The molecule has 1 saturated carbocycles. The maximum atomic E-state index is 5.69. The molecule has 0 radical (unpaired) electrons. The second-order valence-electron chi connectivity index (χ2n) is 5.26. The van der Waals surface area contributed by atoms with E-state index >= 15 is 0 Å². The number of hydrogen-bond donors (Lipinski definition) is 1. The van der Waals surface area contributed by atoms with Crippen LogP contribution in [0.15, 0.2) is 48.5 Å². The minimum atomic E-state index is 0.458. The van der Waals surface area contributed by atoms with Gasteiger partial charge in [-0.2, -0.15) is 0 Å². The zero-order valence-electron chi connectivity index (χ0n) is 10.1. The molecule has 0 aliphatic heterocycles. The van der Waals surface area contributed by atoms with Crippen molar-refractivity contribution in [2.45, 2.75) is 25.2 Å². The molecule has 0 heterocycles. The topological polar surface area (TPSA) is 26.0 Å². The van der Waals surface area contributed by atoms with E-state index in [9.17, 15) is 0 Å². The van der Waals surface area contributed by atoms with Crippen molar-refractivity contribution in [3.8, 4) is 11.1 Å². The summed E-state index contributed by atoms with van der Waals surface area (Å²) in [5.41, 5.74) is 10.9. The molecule has 1 heteroatoms. The summed E-state index contributed by atoms with van der Waals surface area (Å²) in [5, 5.41) is 0. The molecule has 0 atom stereocenters. The largest absolute Gasteiger partial charge is 0.399 e. The second kappa shape index (κ2) is 3.63. The maximum Gasteiger partial charge on any atom is 0.0314 e. The third-order valence-electron chi connectivity index (χ3n) is 3.83. The van der Waals surface area contributed by atoms with E-state index in [1.807, 2.05) is 12.1 Å². The van der Waals surface area contributed by atoms with Crippen LogP contribution in [-0.2, 0) is 5.41 Å². The maximum absolute atomic E-state index is 5.69. The third-order valence-corrected chi connectivity index (χ3v) is 3.83. The highest BCUT2D eigenvalue weighted by atomic mass is 14.5. The highest BCUT2D eigenvalue weighted by molar-refractivity contribution is 5.66. The van der Waals surface area contributed by atoms with Crippen molar-refractivity contribution in [1.82, 2.24) is 0 Å². The lowest BCUT2D eigenvalue weighted by Gasteiger charge is -2.09. The highest BCUT2D eigenvalue weighted by Crippen LogP contribution is 2.47. The Kier molecular flexibility index (Phi) is 2.22. The van der Waals surface area contributed by atoms with Crippen molar-refractivity contribution < 1.29 is 0 Å². The SMILES string of the molecule is CC1(c2ccc(-c3ccc(N)cc3)cc2)CC1. The molecule has 0 bridgehead atoms. The minimum Gasteiger partial charge on any atom is -0.399 e. The van der Waals surface area contributed by atoms with Gasteiger partial charge >= 0.3 is 0 Å². The van der Waals surface area contributed by atoms with Crippen molar-refractivity contribution in [1.29, 1.82) is 0 Å². The predicted molar refractivity (Wildman–Crippen MR) is 72.9 cm³/mol. The molecule has 1 nitrogen and oxygen atoms in total. The van der Waals surface area contributed by atoms with Gasteiger partial charge in [-0.05, 0) is 47.1 Å². The zero-order valence-corrected chi connectivity index (χ0v) is 10.1. The minimum absolute atomic E-state index is 0.458. The van der Waals surface area contributed by atoms with Crippen LogP contribution in [0.3, 0.4) is 0 Å². The van der Waals surface area contributed by atoms with Gasteiger partial charge in [0, 0.05) is 5.69 Å². The van der Waals surface area contributed by atoms with Crippen molar-refractivity contribution in [3.63, 3.8) is 0 Å². The van der Waals surface area contributed by atoms with E-state index in [2.05, 4.69) is 43.3 Å². The van der Waals surface area contributed by atoms with Gasteiger partial charge in [-0.15, -0.1) is 0 Å². The summed E-state index contributed by atoms with van der Waals surface area (Å²) in [5.74, 6) is 0. The normalized spacial score (nSPS) is 16.8. The first kappa shape index (κ1) is 10.4. The summed E-state index contributed by atoms with van der Waals surface area (Å²) >= 11 is 0. The summed E-state index contributed by atoms with van der Waals surface area (Å²) < 4.78 is 0. The Morgan fingerprint density at radius 3 is 1.76 bits per heavy atom. The van der Waals surface area contributed by atoms with E-state index < -0.39 is 0 Å². The van der Waals surface area contributed by atoms with E-state index in [1.165, 1.54) is 29.5 Å². The summed E-state index contributed by atoms with van der Waals surface area (Å²) in [4.78, 5) is 0. The first-order valence-corrected chi connectivity index (χ1v) is 6.14. The van der Waals surface area contributed by atoms with Crippen molar-refractivity contribution in [3.05, 3.63) is 54.1 Å². The molecule has 1 fully saturated rings. The first-order valence-electron chi connectivity index (χ1n) is 6.14. The van der Waals surface area contributed by atoms with Gasteiger partial charge in [-0.25, -0.2) is 0 Å². The number of nitrogen functional groups attached to an aromatic ring is 1. The molecule has 1 aliphatic rings. The highest BCUT2D eigenvalue weighted by Gasteiger charge is 2.38. The molecule has 0 saturated heterocycles. The van der Waals surface area contributed by atoms with Gasteiger partial charge in [0.25, 0.3) is 0 Å². The molecule has 86 valence electrons. The standard InChI is InChI=1S/C16H17N/c1-16(10-11-16)14-6-2-12(3-7-14)13-4-8-15(17)9-5-13/h2-9H,10-11,17H2,1H3. The number of benzene rings is 2. The van der Waals surface area contributed by atoms with E-state index in [1.54, 1.807) is 0 Å². The van der Waals surface area contributed by atoms with E-state index in [-0.39, 0.29) is 0 Å². The van der Waals surface area contributed by atoms with E-state index in [4.69, 9.17) is 5.73 Å². The second-order valence-corrected chi connectivity index (χ2v) is 5.26. The predicted octanol–water partition coefficient (Wildman–Crippen LogP) is 3.99. The Morgan fingerprint density at radius 2 is 1.29 bits per heavy atom. The van der Waals surface area contributed by atoms with E-state index in [0.29, 0.717) is 5.41 Å². The van der Waals surface area contributed by atoms with Crippen LogP contribution in [0.5, 0.6) is 0 Å². The Bertz CT molecular complexity index is 518. The molecule has 2 aromatic rings. The fourth-order valence-corrected chi connectivity index (χ4v) is 2.22. The third kappa shape index (κ3) is 1.93. The smallest absolute Gasteiger partial charge is 0.0314 e. The molecule has 1 aliphatic carbocycles. The molecule has 0 spiro atoms. The lowest BCUT2D eigenvalue weighted by atomic mass is 9.95. The summed E-state index contributed by atoms with van der Waals surface area (Å²) in [7, 11) is 0. The van der Waals surface area contributed by atoms with Crippen LogP contribution in [0.1, 0.15) is 25.3 Å². The van der Waals surface area contributed by atoms with Crippen LogP contribution >= 0.6 is 0 Å². The molecule has 17 heavy (non-hydrogen) atoms. The van der Waals surface area contributed by atoms with Crippen molar-refractivity contribution >= 4 is 5.69 Å². The van der Waals surface area contributed by atoms with Crippen LogP contribution in [0.25, 0.3) is 11.1 Å². The number of hydrogen-bond acceptors (Lipinski definition) is 1. The average molecular weight is 223 g/mol. The molecule has 2 N–H and O–H groups in total. The van der Waals surface area contributed by atoms with Crippen LogP contribution in [-0.4, -0.2) is 0 Å². The van der Waals surface area contributed by atoms with Crippen molar-refractivity contribution in [2.24, 2.45) is 0 Å². The number of nitrogens with two attached hydrogens (primary N) is 1. The van der Waals surface area contributed by atoms with Crippen LogP contribution in [0.2, 0.25) is 0 Å². The Morgan fingerprint density at radius 1 is 0.824 bits per heavy atom. The fraction of sp³-hybridized carbons (Fsp3) is 0.250. The van der Waals surface area contributed by atoms with Crippen LogP contribution < -0.4 is 5.73 Å². The van der Waals surface area contributed by atoms with Crippen LogP contribution in [0, 0.1) is 0 Å². The van der Waals surface area contributed by atoms with Crippen molar-refractivity contribution in [2.75, 3.05) is 5.73 Å². The molecule has 2 aromatic carbocycles. The first-order chi connectivity index (χ1) is 8.17. The van der Waals surface area contributed by atoms with Gasteiger partial charge in [-0.1, -0.05) is 43.3 Å². The molecule has 0 amide bonds. The lowest BCUT2D eigenvalue weighted by Crippen LogP contribution is -1.98. The van der Waals surface area contributed by atoms with Gasteiger partial charge in [0.05, 0.1) is 0 Å². The summed E-state index contributed by atoms with van der Waals surface area (Å²) in [6.07, 6.45) is 2.66. The monoisotopic (exact) mass is 223 g/mol. The average Bonchev–Trinajstić information content (AvgIpc) is 3.10. The van der Waals surface area contributed by atoms with Gasteiger partial charge in [-0.3, -0.25) is 0 Å². The Hall–Kier alpha value is -1.76. The van der Waals surface area contributed by atoms with Gasteiger partial charge in [0.2, 0.25) is 0 Å².